The predicted molar refractivity (Wildman–Crippen MR) is 74.7 cm³/mol. The summed E-state index contributed by atoms with van der Waals surface area (Å²) in [4.78, 5) is 12.6. The van der Waals surface area contributed by atoms with Gasteiger partial charge in [0.1, 0.15) is 5.82 Å². The van der Waals surface area contributed by atoms with Gasteiger partial charge in [0.25, 0.3) is 0 Å². The van der Waals surface area contributed by atoms with Crippen LogP contribution in [0.25, 0.3) is 0 Å². The second kappa shape index (κ2) is 5.67. The first-order valence-corrected chi connectivity index (χ1v) is 6.92. The highest BCUT2D eigenvalue weighted by Crippen LogP contribution is 2.34. The van der Waals surface area contributed by atoms with Crippen molar-refractivity contribution in [3.63, 3.8) is 0 Å². The molecule has 0 amide bonds. The summed E-state index contributed by atoms with van der Waals surface area (Å²) in [5, 5.41) is 0. The molecule has 0 bridgehead atoms. The van der Waals surface area contributed by atoms with E-state index in [1.54, 1.807) is 12.1 Å². The minimum Gasteiger partial charge on any atom is -0.295 e. The third kappa shape index (κ3) is 3.00. The number of carbonyl (C=O) groups excluding carboxylic acids is 1. The van der Waals surface area contributed by atoms with Crippen molar-refractivity contribution in [3.05, 3.63) is 58.3 Å². The molecule has 18 heavy (non-hydrogen) atoms. The van der Waals surface area contributed by atoms with Gasteiger partial charge in [-0.05, 0) is 47.1 Å². The van der Waals surface area contributed by atoms with Crippen molar-refractivity contribution in [1.29, 1.82) is 0 Å². The van der Waals surface area contributed by atoms with E-state index in [4.69, 9.17) is 0 Å². The topological polar surface area (TPSA) is 17.1 Å². The summed E-state index contributed by atoms with van der Waals surface area (Å²) in [6, 6.07) is 12.2. The zero-order chi connectivity index (χ0) is 13.1. The van der Waals surface area contributed by atoms with Crippen LogP contribution in [0.1, 0.15) is 17.3 Å². The van der Waals surface area contributed by atoms with Gasteiger partial charge in [0.15, 0.2) is 5.78 Å². The molecule has 0 aliphatic heterocycles. The molecule has 2 rings (SSSR count). The lowest BCUT2D eigenvalue weighted by atomic mass is 10.1. The number of benzene rings is 2. The highest BCUT2D eigenvalue weighted by atomic mass is 79.9. The first-order chi connectivity index (χ1) is 8.58. The number of Topliss-reactive ketones (excluding diaryl/α,β-unsaturated/α-hetero) is 1. The van der Waals surface area contributed by atoms with Gasteiger partial charge in [0.2, 0.25) is 0 Å². The molecule has 0 aromatic heterocycles. The molecule has 2 aromatic rings. The maximum absolute atomic E-state index is 13.8. The van der Waals surface area contributed by atoms with Gasteiger partial charge in [-0.1, -0.05) is 30.0 Å². The van der Waals surface area contributed by atoms with Gasteiger partial charge >= 0.3 is 0 Å². The minimum absolute atomic E-state index is 0.133. The van der Waals surface area contributed by atoms with Gasteiger partial charge in [0.05, 0.1) is 0 Å². The molecule has 0 aliphatic carbocycles. The van der Waals surface area contributed by atoms with Crippen molar-refractivity contribution in [2.75, 3.05) is 0 Å². The van der Waals surface area contributed by atoms with Crippen molar-refractivity contribution in [1.82, 2.24) is 0 Å². The number of rotatable bonds is 3. The lowest BCUT2D eigenvalue weighted by Gasteiger charge is -2.06. The maximum atomic E-state index is 13.8. The van der Waals surface area contributed by atoms with Crippen LogP contribution < -0.4 is 0 Å². The molecular weight excluding hydrogens is 315 g/mol. The summed E-state index contributed by atoms with van der Waals surface area (Å²) in [7, 11) is 0. The summed E-state index contributed by atoms with van der Waals surface area (Å²) in [5.74, 6) is -0.505. The van der Waals surface area contributed by atoms with E-state index in [0.717, 1.165) is 9.37 Å². The van der Waals surface area contributed by atoms with Crippen LogP contribution in [0.4, 0.5) is 4.39 Å². The minimum atomic E-state index is -0.372. The number of ketones is 1. The Morgan fingerprint density at radius 3 is 2.50 bits per heavy atom. The molecule has 92 valence electrons. The zero-order valence-electron chi connectivity index (χ0n) is 9.61. The molecule has 1 nitrogen and oxygen atoms in total. The first kappa shape index (κ1) is 13.3. The Balaban J connectivity index is 2.30. The van der Waals surface area contributed by atoms with E-state index in [0.29, 0.717) is 10.5 Å². The molecule has 0 saturated carbocycles. The Hall–Kier alpha value is -1.13. The van der Waals surface area contributed by atoms with E-state index < -0.39 is 0 Å². The van der Waals surface area contributed by atoms with Gasteiger partial charge in [-0.15, -0.1) is 0 Å². The average Bonchev–Trinajstić information content (AvgIpc) is 2.34. The van der Waals surface area contributed by atoms with Crippen molar-refractivity contribution in [2.24, 2.45) is 0 Å². The monoisotopic (exact) mass is 324 g/mol. The normalized spacial score (nSPS) is 10.4. The largest absolute Gasteiger partial charge is 0.295 e. The highest BCUT2D eigenvalue weighted by molar-refractivity contribution is 9.10. The molecular formula is C14H10BrFOS. The number of halogens is 2. The summed E-state index contributed by atoms with van der Waals surface area (Å²) < 4.78 is 14.8. The van der Waals surface area contributed by atoms with Gasteiger partial charge in [0, 0.05) is 19.8 Å². The van der Waals surface area contributed by atoms with Gasteiger partial charge in [-0.2, -0.15) is 0 Å². The number of carbonyl (C=O) groups is 1. The molecule has 0 N–H and O–H groups in total. The van der Waals surface area contributed by atoms with E-state index in [-0.39, 0.29) is 11.6 Å². The Morgan fingerprint density at radius 2 is 1.89 bits per heavy atom. The fourth-order valence-corrected chi connectivity index (χ4v) is 2.82. The maximum Gasteiger partial charge on any atom is 0.159 e. The standard InChI is InChI=1S/C14H10BrFOS/c1-9(17)10-6-7-14(12(16)8-10)18-13-5-3-2-4-11(13)15/h2-8H,1H3. The summed E-state index contributed by atoms with van der Waals surface area (Å²) >= 11 is 4.75. The second-order valence-corrected chi connectivity index (χ2v) is 5.67. The Kier molecular flexibility index (Phi) is 4.19. The van der Waals surface area contributed by atoms with Crippen LogP contribution in [0.3, 0.4) is 0 Å². The van der Waals surface area contributed by atoms with E-state index in [1.165, 1.54) is 24.8 Å². The lowest BCUT2D eigenvalue weighted by Crippen LogP contribution is -1.93. The third-order valence-electron chi connectivity index (χ3n) is 2.39. The van der Waals surface area contributed by atoms with Crippen LogP contribution in [-0.4, -0.2) is 5.78 Å². The van der Waals surface area contributed by atoms with Crippen molar-refractivity contribution in [3.8, 4) is 0 Å². The van der Waals surface area contributed by atoms with Gasteiger partial charge in [-0.3, -0.25) is 4.79 Å². The molecule has 0 aliphatic rings. The summed E-state index contributed by atoms with van der Waals surface area (Å²) in [6.45, 7) is 1.43. The summed E-state index contributed by atoms with van der Waals surface area (Å²) in [5.41, 5.74) is 0.393. The van der Waals surface area contributed by atoms with E-state index >= 15 is 0 Å². The number of hydrogen-bond acceptors (Lipinski definition) is 2. The fraction of sp³-hybridized carbons (Fsp3) is 0.0714. The van der Waals surface area contributed by atoms with Crippen molar-refractivity contribution >= 4 is 33.5 Å². The van der Waals surface area contributed by atoms with Crippen LogP contribution >= 0.6 is 27.7 Å². The van der Waals surface area contributed by atoms with Gasteiger partial charge in [-0.25, -0.2) is 4.39 Å². The molecule has 0 unspecified atom stereocenters. The van der Waals surface area contributed by atoms with Crippen LogP contribution in [0, 0.1) is 5.82 Å². The van der Waals surface area contributed by atoms with Gasteiger partial charge < -0.3 is 0 Å². The molecule has 4 heteroatoms. The first-order valence-electron chi connectivity index (χ1n) is 5.31. The van der Waals surface area contributed by atoms with Crippen LogP contribution in [-0.2, 0) is 0 Å². The second-order valence-electron chi connectivity index (χ2n) is 3.73. The quantitative estimate of drug-likeness (QED) is 0.744. The van der Waals surface area contributed by atoms with E-state index in [2.05, 4.69) is 15.9 Å². The van der Waals surface area contributed by atoms with E-state index in [9.17, 15) is 9.18 Å². The lowest BCUT2D eigenvalue weighted by molar-refractivity contribution is 0.101. The molecule has 0 atom stereocenters. The van der Waals surface area contributed by atoms with Crippen LogP contribution in [0.2, 0.25) is 0 Å². The Morgan fingerprint density at radius 1 is 1.17 bits per heavy atom. The Labute approximate surface area is 118 Å². The highest BCUT2D eigenvalue weighted by Gasteiger charge is 2.09. The fourth-order valence-electron chi connectivity index (χ4n) is 1.45. The predicted octanol–water partition coefficient (Wildman–Crippen LogP) is 4.94. The third-order valence-corrected chi connectivity index (χ3v) is 4.48. The van der Waals surface area contributed by atoms with Crippen molar-refractivity contribution in [2.45, 2.75) is 16.7 Å². The molecule has 0 saturated heterocycles. The molecule has 0 radical (unpaired) electrons. The number of hydrogen-bond donors (Lipinski definition) is 0. The molecule has 2 aromatic carbocycles. The van der Waals surface area contributed by atoms with Crippen LogP contribution in [0.15, 0.2) is 56.7 Å². The molecule has 0 fully saturated rings. The zero-order valence-corrected chi connectivity index (χ0v) is 12.0. The summed E-state index contributed by atoms with van der Waals surface area (Å²) in [6.07, 6.45) is 0. The van der Waals surface area contributed by atoms with E-state index in [1.807, 2.05) is 24.3 Å². The van der Waals surface area contributed by atoms with Crippen LogP contribution in [0.5, 0.6) is 0 Å². The van der Waals surface area contributed by atoms with Crippen molar-refractivity contribution < 1.29 is 9.18 Å². The SMILES string of the molecule is CC(=O)c1ccc(Sc2ccccc2Br)c(F)c1. The average molecular weight is 325 g/mol. The Bertz CT molecular complexity index is 598. The smallest absolute Gasteiger partial charge is 0.159 e. The molecule has 0 spiro atoms. The molecule has 0 heterocycles.